The van der Waals surface area contributed by atoms with Crippen molar-refractivity contribution in [2.24, 2.45) is 0 Å². The Morgan fingerprint density at radius 3 is 2.71 bits per heavy atom. The third-order valence-electron chi connectivity index (χ3n) is 3.25. The minimum atomic E-state index is -0.335. The smallest absolute Gasteiger partial charge is 0.293 e. The Morgan fingerprint density at radius 1 is 1.17 bits per heavy atom. The van der Waals surface area contributed by atoms with E-state index in [1.54, 1.807) is 48.7 Å². The number of para-hydroxylation sites is 1. The van der Waals surface area contributed by atoms with E-state index >= 15 is 0 Å². The topological polar surface area (TPSA) is 59.5 Å². The molecule has 7 heteroatoms. The molecule has 1 fully saturated rings. The fourth-order valence-electron chi connectivity index (χ4n) is 2.10. The van der Waals surface area contributed by atoms with E-state index in [1.807, 2.05) is 6.07 Å². The molecule has 2 aromatic rings. The van der Waals surface area contributed by atoms with Crippen molar-refractivity contribution in [3.63, 3.8) is 0 Å². The van der Waals surface area contributed by atoms with Crippen molar-refractivity contribution in [3.8, 4) is 5.75 Å². The maximum Gasteiger partial charge on any atom is 0.293 e. The number of aromatic nitrogens is 1. The second kappa shape index (κ2) is 7.51. The lowest BCUT2D eigenvalue weighted by atomic mass is 10.3. The normalized spacial score (nSPS) is 16.0. The Morgan fingerprint density at radius 2 is 1.96 bits per heavy atom. The summed E-state index contributed by atoms with van der Waals surface area (Å²) >= 11 is 6.90. The van der Waals surface area contributed by atoms with E-state index in [1.165, 1.54) is 0 Å². The third kappa shape index (κ3) is 3.77. The second-order valence-corrected chi connectivity index (χ2v) is 6.27. The van der Waals surface area contributed by atoms with Crippen LogP contribution in [0.3, 0.4) is 0 Å². The van der Waals surface area contributed by atoms with E-state index in [2.05, 4.69) is 4.98 Å². The van der Waals surface area contributed by atoms with Crippen molar-refractivity contribution in [3.05, 3.63) is 64.3 Å². The minimum absolute atomic E-state index is 0.162. The zero-order valence-electron chi connectivity index (χ0n) is 12.5. The maximum atomic E-state index is 12.3. The zero-order chi connectivity index (χ0) is 16.9. The molecular weight excluding hydrogens is 348 g/mol. The molecule has 24 heavy (non-hydrogen) atoms. The van der Waals surface area contributed by atoms with Gasteiger partial charge in [-0.2, -0.15) is 0 Å². The summed E-state index contributed by atoms with van der Waals surface area (Å²) in [5, 5.41) is 0.173. The number of halogens is 1. The van der Waals surface area contributed by atoms with Crippen molar-refractivity contribution in [1.82, 2.24) is 9.88 Å². The lowest BCUT2D eigenvalue weighted by Crippen LogP contribution is -2.32. The lowest BCUT2D eigenvalue weighted by molar-refractivity contribution is -0.123. The molecule has 5 nitrogen and oxygen atoms in total. The largest absolute Gasteiger partial charge is 0.490 e. The van der Waals surface area contributed by atoms with Crippen LogP contribution in [-0.2, 0) is 4.79 Å². The van der Waals surface area contributed by atoms with Crippen LogP contribution in [0.4, 0.5) is 4.79 Å². The number of ether oxygens (including phenoxy) is 1. The van der Waals surface area contributed by atoms with E-state index < -0.39 is 0 Å². The number of hydrogen-bond donors (Lipinski definition) is 0. The van der Waals surface area contributed by atoms with Gasteiger partial charge in [0.1, 0.15) is 12.4 Å². The molecule has 122 valence electrons. The first-order valence-electron chi connectivity index (χ1n) is 7.19. The molecule has 0 unspecified atom stereocenters. The van der Waals surface area contributed by atoms with Crippen molar-refractivity contribution >= 4 is 40.6 Å². The minimum Gasteiger partial charge on any atom is -0.490 e. The van der Waals surface area contributed by atoms with Crippen LogP contribution in [0.25, 0.3) is 6.08 Å². The highest BCUT2D eigenvalue weighted by Gasteiger charge is 2.34. The number of carbonyl (C=O) groups is 2. The highest BCUT2D eigenvalue weighted by molar-refractivity contribution is 8.18. The van der Waals surface area contributed by atoms with E-state index in [4.69, 9.17) is 16.3 Å². The van der Waals surface area contributed by atoms with Crippen LogP contribution in [0.15, 0.2) is 53.6 Å². The van der Waals surface area contributed by atoms with Gasteiger partial charge in [-0.1, -0.05) is 29.8 Å². The van der Waals surface area contributed by atoms with Crippen LogP contribution < -0.4 is 4.74 Å². The first-order valence-corrected chi connectivity index (χ1v) is 8.38. The second-order valence-electron chi connectivity index (χ2n) is 4.87. The summed E-state index contributed by atoms with van der Waals surface area (Å²) in [5.41, 5.74) is 0.635. The van der Waals surface area contributed by atoms with Gasteiger partial charge < -0.3 is 4.74 Å². The van der Waals surface area contributed by atoms with Gasteiger partial charge in [0.2, 0.25) is 0 Å². The molecule has 1 aliphatic rings. The average molecular weight is 361 g/mol. The summed E-state index contributed by atoms with van der Waals surface area (Å²) in [5.74, 6) is 0.188. The molecule has 0 atom stereocenters. The van der Waals surface area contributed by atoms with Gasteiger partial charge in [0.15, 0.2) is 0 Å². The van der Waals surface area contributed by atoms with Gasteiger partial charge in [-0.25, -0.2) is 0 Å². The number of pyridine rings is 1. The summed E-state index contributed by atoms with van der Waals surface area (Å²) in [7, 11) is 0. The standard InChI is InChI=1S/C17H13ClN2O3S/c18-13-6-1-2-7-14(13)23-10-9-20-16(21)15(24-17(20)22)11-12-5-3-4-8-19-12/h1-8,11H,9-10H2/b15-11-. The zero-order valence-corrected chi connectivity index (χ0v) is 14.1. The molecular formula is C17H13ClN2O3S. The summed E-state index contributed by atoms with van der Waals surface area (Å²) in [4.78, 5) is 30.0. The fraction of sp³-hybridized carbons (Fsp3) is 0.118. The summed E-state index contributed by atoms with van der Waals surface area (Å²) < 4.78 is 5.53. The Kier molecular flexibility index (Phi) is 5.17. The number of imide groups is 1. The number of thioether (sulfide) groups is 1. The Hall–Kier alpha value is -2.31. The van der Waals surface area contributed by atoms with Crippen LogP contribution in [0.1, 0.15) is 5.69 Å². The van der Waals surface area contributed by atoms with Crippen LogP contribution in [0.2, 0.25) is 5.02 Å². The predicted molar refractivity (Wildman–Crippen MR) is 93.9 cm³/mol. The SMILES string of the molecule is O=C1S/C(=C\c2ccccn2)C(=O)N1CCOc1ccccc1Cl. The van der Waals surface area contributed by atoms with Gasteiger partial charge in [-0.3, -0.25) is 19.5 Å². The molecule has 2 amide bonds. The number of benzene rings is 1. The van der Waals surface area contributed by atoms with Gasteiger partial charge in [-0.05, 0) is 42.1 Å². The highest BCUT2D eigenvalue weighted by Crippen LogP contribution is 2.31. The van der Waals surface area contributed by atoms with E-state index in [0.29, 0.717) is 21.4 Å². The molecule has 1 aromatic carbocycles. The molecule has 0 spiro atoms. The summed E-state index contributed by atoms with van der Waals surface area (Å²) in [6.07, 6.45) is 3.24. The Bertz CT molecular complexity index is 795. The van der Waals surface area contributed by atoms with Gasteiger partial charge in [0, 0.05) is 6.20 Å². The van der Waals surface area contributed by atoms with Crippen molar-refractivity contribution in [1.29, 1.82) is 0 Å². The Balaban J connectivity index is 1.63. The van der Waals surface area contributed by atoms with Crippen LogP contribution >= 0.6 is 23.4 Å². The number of amides is 2. The number of carbonyl (C=O) groups excluding carboxylic acids is 2. The first-order chi connectivity index (χ1) is 11.6. The number of hydrogen-bond acceptors (Lipinski definition) is 5. The monoisotopic (exact) mass is 360 g/mol. The quantitative estimate of drug-likeness (QED) is 0.758. The Labute approximate surface area is 148 Å². The molecule has 0 bridgehead atoms. The maximum absolute atomic E-state index is 12.3. The lowest BCUT2D eigenvalue weighted by Gasteiger charge is -2.13. The fourth-order valence-corrected chi connectivity index (χ4v) is 3.14. The average Bonchev–Trinajstić information content (AvgIpc) is 2.85. The molecule has 0 saturated carbocycles. The summed E-state index contributed by atoms with van der Waals surface area (Å²) in [6, 6.07) is 12.4. The molecule has 1 aliphatic heterocycles. The van der Waals surface area contributed by atoms with Crippen molar-refractivity contribution in [2.75, 3.05) is 13.2 Å². The van der Waals surface area contributed by atoms with E-state index in [-0.39, 0.29) is 24.3 Å². The molecule has 0 N–H and O–H groups in total. The van der Waals surface area contributed by atoms with Gasteiger partial charge in [0.25, 0.3) is 11.1 Å². The molecule has 1 aromatic heterocycles. The molecule has 2 heterocycles. The van der Waals surface area contributed by atoms with Gasteiger partial charge in [-0.15, -0.1) is 0 Å². The molecule has 3 rings (SSSR count). The highest BCUT2D eigenvalue weighted by atomic mass is 35.5. The van der Waals surface area contributed by atoms with Crippen LogP contribution in [0.5, 0.6) is 5.75 Å². The number of nitrogens with zero attached hydrogens (tertiary/aromatic N) is 2. The molecule has 0 radical (unpaired) electrons. The van der Waals surface area contributed by atoms with Crippen LogP contribution in [-0.4, -0.2) is 34.2 Å². The molecule has 1 saturated heterocycles. The number of rotatable bonds is 5. The van der Waals surface area contributed by atoms with Gasteiger partial charge in [0.05, 0.1) is 22.2 Å². The first kappa shape index (κ1) is 16.5. The van der Waals surface area contributed by atoms with Crippen molar-refractivity contribution in [2.45, 2.75) is 0 Å². The van der Waals surface area contributed by atoms with Crippen molar-refractivity contribution < 1.29 is 14.3 Å². The third-order valence-corrected chi connectivity index (χ3v) is 4.47. The van der Waals surface area contributed by atoms with E-state index in [0.717, 1.165) is 16.7 Å². The molecule has 0 aliphatic carbocycles. The predicted octanol–water partition coefficient (Wildman–Crippen LogP) is 3.85. The van der Waals surface area contributed by atoms with E-state index in [9.17, 15) is 9.59 Å². The summed E-state index contributed by atoms with van der Waals surface area (Å²) in [6.45, 7) is 0.341. The van der Waals surface area contributed by atoms with Gasteiger partial charge >= 0.3 is 0 Å². The van der Waals surface area contributed by atoms with Crippen LogP contribution in [0, 0.1) is 0 Å².